The van der Waals surface area contributed by atoms with Gasteiger partial charge >= 0.3 is 6.03 Å². The highest BCUT2D eigenvalue weighted by atomic mass is 32.1. The highest BCUT2D eigenvalue weighted by Gasteiger charge is 2.16. The number of fused-ring (bicyclic) bond motifs is 1. The van der Waals surface area contributed by atoms with Gasteiger partial charge in [-0.2, -0.15) is 0 Å². The lowest BCUT2D eigenvalue weighted by atomic mass is 10.2. The third-order valence-electron chi connectivity index (χ3n) is 3.56. The molecule has 0 aliphatic heterocycles. The number of anilines is 2. The smallest absolute Gasteiger partial charge is 0.325 e. The molecule has 0 atom stereocenters. The lowest BCUT2D eigenvalue weighted by Gasteiger charge is -2.14. The fourth-order valence-corrected chi connectivity index (χ4v) is 3.32. The molecule has 10 heteroatoms. The number of thiazole rings is 1. The van der Waals surface area contributed by atoms with Crippen molar-refractivity contribution < 1.29 is 27.8 Å². The van der Waals surface area contributed by atoms with Crippen LogP contribution in [0.4, 0.5) is 24.4 Å². The van der Waals surface area contributed by atoms with E-state index in [9.17, 15) is 13.6 Å². The van der Waals surface area contributed by atoms with E-state index in [2.05, 4.69) is 15.6 Å². The van der Waals surface area contributed by atoms with Crippen LogP contribution in [0.25, 0.3) is 10.2 Å². The number of ether oxygens (including phenoxy) is 3. The maximum absolute atomic E-state index is 13.7. The molecule has 0 bridgehead atoms. The van der Waals surface area contributed by atoms with E-state index in [1.54, 1.807) is 12.1 Å². The van der Waals surface area contributed by atoms with E-state index in [1.807, 2.05) is 0 Å². The summed E-state index contributed by atoms with van der Waals surface area (Å²) in [7, 11) is 4.38. The Hall–Kier alpha value is -3.14. The molecule has 0 unspecified atom stereocenters. The van der Waals surface area contributed by atoms with Gasteiger partial charge in [0.05, 0.1) is 31.7 Å². The molecule has 0 saturated heterocycles. The van der Waals surface area contributed by atoms with E-state index in [0.717, 1.165) is 23.5 Å². The number of methoxy groups -OCH3 is 3. The molecule has 2 aromatic carbocycles. The first-order valence-electron chi connectivity index (χ1n) is 7.58. The monoisotopic (exact) mass is 395 g/mol. The summed E-state index contributed by atoms with van der Waals surface area (Å²) in [5, 5.41) is 5.20. The van der Waals surface area contributed by atoms with E-state index >= 15 is 0 Å². The van der Waals surface area contributed by atoms with E-state index < -0.39 is 17.7 Å². The average molecular weight is 395 g/mol. The molecular formula is C17H15F2N3O4S. The van der Waals surface area contributed by atoms with Crippen LogP contribution in [0.1, 0.15) is 0 Å². The second kappa shape index (κ2) is 7.62. The summed E-state index contributed by atoms with van der Waals surface area (Å²) < 4.78 is 42.9. The van der Waals surface area contributed by atoms with E-state index in [1.165, 1.54) is 21.3 Å². The standard InChI is InChI=1S/C17H15F2N3O4S/c1-24-11-6-9(7-12(25-2)15(11)26-3)20-16(23)22-17-21-14-10(19)4-8(18)5-13(14)27-17/h4-7H,1-3H3,(H2,20,21,22,23). The molecule has 0 spiro atoms. The van der Waals surface area contributed by atoms with Gasteiger partial charge < -0.3 is 19.5 Å². The number of carbonyl (C=O) groups excluding carboxylic acids is 1. The Morgan fingerprint density at radius 2 is 1.67 bits per heavy atom. The summed E-state index contributed by atoms with van der Waals surface area (Å²) in [6.45, 7) is 0. The Bertz CT molecular complexity index is 984. The Morgan fingerprint density at radius 3 is 2.26 bits per heavy atom. The summed E-state index contributed by atoms with van der Waals surface area (Å²) in [4.78, 5) is 16.2. The minimum Gasteiger partial charge on any atom is -0.493 e. The SMILES string of the molecule is COc1cc(NC(=O)Nc2nc3c(F)cc(F)cc3s2)cc(OC)c1OC. The maximum atomic E-state index is 13.7. The highest BCUT2D eigenvalue weighted by molar-refractivity contribution is 7.22. The number of benzene rings is 2. The van der Waals surface area contributed by atoms with Crippen LogP contribution in [-0.2, 0) is 0 Å². The summed E-state index contributed by atoms with van der Waals surface area (Å²) in [5.74, 6) is -0.389. The van der Waals surface area contributed by atoms with Crippen LogP contribution in [-0.4, -0.2) is 32.3 Å². The van der Waals surface area contributed by atoms with E-state index in [0.29, 0.717) is 22.9 Å². The topological polar surface area (TPSA) is 81.7 Å². The van der Waals surface area contributed by atoms with Gasteiger partial charge in [-0.25, -0.2) is 18.6 Å². The number of hydrogen-bond acceptors (Lipinski definition) is 6. The molecule has 0 fully saturated rings. The van der Waals surface area contributed by atoms with Crippen molar-refractivity contribution >= 4 is 38.4 Å². The van der Waals surface area contributed by atoms with Gasteiger partial charge in [-0.3, -0.25) is 5.32 Å². The number of rotatable bonds is 5. The van der Waals surface area contributed by atoms with Crippen molar-refractivity contribution in [3.8, 4) is 17.2 Å². The van der Waals surface area contributed by atoms with Crippen LogP contribution in [0.15, 0.2) is 24.3 Å². The molecular weight excluding hydrogens is 380 g/mol. The second-order valence-electron chi connectivity index (χ2n) is 5.25. The Labute approximate surface area is 156 Å². The maximum Gasteiger partial charge on any atom is 0.325 e. The Balaban J connectivity index is 1.81. The summed E-state index contributed by atoms with van der Waals surface area (Å²) in [6, 6.07) is 4.37. The highest BCUT2D eigenvalue weighted by Crippen LogP contribution is 2.40. The number of carbonyl (C=O) groups is 1. The fourth-order valence-electron chi connectivity index (χ4n) is 2.42. The molecule has 2 N–H and O–H groups in total. The molecule has 1 aromatic heterocycles. The largest absolute Gasteiger partial charge is 0.493 e. The van der Waals surface area contributed by atoms with E-state index in [4.69, 9.17) is 14.2 Å². The molecule has 0 aliphatic rings. The summed E-state index contributed by atoms with van der Waals surface area (Å²) in [5.41, 5.74) is 0.366. The van der Waals surface area contributed by atoms with Crippen LogP contribution in [0.2, 0.25) is 0 Å². The van der Waals surface area contributed by atoms with Crippen LogP contribution >= 0.6 is 11.3 Å². The lowest BCUT2D eigenvalue weighted by molar-refractivity contribution is 0.262. The molecule has 142 valence electrons. The zero-order valence-corrected chi connectivity index (χ0v) is 15.4. The molecule has 0 saturated carbocycles. The Morgan fingerprint density at radius 1 is 1.00 bits per heavy atom. The molecule has 27 heavy (non-hydrogen) atoms. The van der Waals surface area contributed by atoms with Gasteiger partial charge in [0.25, 0.3) is 0 Å². The van der Waals surface area contributed by atoms with E-state index in [-0.39, 0.29) is 15.3 Å². The molecule has 0 aliphatic carbocycles. The average Bonchev–Trinajstić information content (AvgIpc) is 3.03. The van der Waals surface area contributed by atoms with Gasteiger partial charge in [-0.1, -0.05) is 11.3 Å². The number of aromatic nitrogens is 1. The minimum atomic E-state index is -0.792. The Kier molecular flexibility index (Phi) is 5.26. The number of hydrogen-bond donors (Lipinski definition) is 2. The zero-order chi connectivity index (χ0) is 19.6. The van der Waals surface area contributed by atoms with Crippen molar-refractivity contribution in [3.05, 3.63) is 35.9 Å². The van der Waals surface area contributed by atoms with Crippen molar-refractivity contribution in [2.24, 2.45) is 0 Å². The first-order valence-corrected chi connectivity index (χ1v) is 8.40. The number of nitrogens with zero attached hydrogens (tertiary/aromatic N) is 1. The summed E-state index contributed by atoms with van der Waals surface area (Å²) >= 11 is 0.953. The van der Waals surface area contributed by atoms with Crippen LogP contribution in [0, 0.1) is 11.6 Å². The van der Waals surface area contributed by atoms with Crippen LogP contribution < -0.4 is 24.8 Å². The summed E-state index contributed by atoms with van der Waals surface area (Å²) in [6.07, 6.45) is 0. The molecule has 7 nitrogen and oxygen atoms in total. The molecule has 2 amide bonds. The second-order valence-corrected chi connectivity index (χ2v) is 6.28. The number of halogens is 2. The number of amides is 2. The lowest BCUT2D eigenvalue weighted by Crippen LogP contribution is -2.19. The third-order valence-corrected chi connectivity index (χ3v) is 4.47. The van der Waals surface area contributed by atoms with Crippen molar-refractivity contribution in [2.75, 3.05) is 32.0 Å². The van der Waals surface area contributed by atoms with Gasteiger partial charge in [-0.15, -0.1) is 0 Å². The minimum absolute atomic E-state index is 0.00974. The van der Waals surface area contributed by atoms with Crippen molar-refractivity contribution in [2.45, 2.75) is 0 Å². The first kappa shape index (κ1) is 18.6. The normalized spacial score (nSPS) is 10.6. The predicted octanol–water partition coefficient (Wildman–Crippen LogP) is 4.24. The first-order chi connectivity index (χ1) is 12.9. The van der Waals surface area contributed by atoms with Gasteiger partial charge in [-0.05, 0) is 6.07 Å². The van der Waals surface area contributed by atoms with Crippen LogP contribution in [0.3, 0.4) is 0 Å². The number of nitrogens with one attached hydrogen (secondary N) is 2. The van der Waals surface area contributed by atoms with Crippen LogP contribution in [0.5, 0.6) is 17.2 Å². The van der Waals surface area contributed by atoms with Gasteiger partial charge in [0.15, 0.2) is 22.4 Å². The van der Waals surface area contributed by atoms with Gasteiger partial charge in [0.1, 0.15) is 11.3 Å². The fraction of sp³-hybridized carbons (Fsp3) is 0.176. The van der Waals surface area contributed by atoms with Gasteiger partial charge in [0, 0.05) is 18.2 Å². The van der Waals surface area contributed by atoms with Crippen molar-refractivity contribution in [1.82, 2.24) is 4.98 Å². The molecule has 3 aromatic rings. The molecule has 1 heterocycles. The predicted molar refractivity (Wildman–Crippen MR) is 98.3 cm³/mol. The third kappa shape index (κ3) is 3.85. The quantitative estimate of drug-likeness (QED) is 0.675. The zero-order valence-electron chi connectivity index (χ0n) is 14.6. The molecule has 0 radical (unpaired) electrons. The number of urea groups is 1. The van der Waals surface area contributed by atoms with Crippen molar-refractivity contribution in [1.29, 1.82) is 0 Å². The van der Waals surface area contributed by atoms with Crippen molar-refractivity contribution in [3.63, 3.8) is 0 Å². The van der Waals surface area contributed by atoms with Gasteiger partial charge in [0.2, 0.25) is 5.75 Å². The molecule has 3 rings (SSSR count).